The summed E-state index contributed by atoms with van der Waals surface area (Å²) in [6.45, 7) is 5.09. The van der Waals surface area contributed by atoms with Gasteiger partial charge in [-0.2, -0.15) is 0 Å². The minimum absolute atomic E-state index is 0.0428. The van der Waals surface area contributed by atoms with E-state index in [1.54, 1.807) is 26.8 Å². The lowest BCUT2D eigenvalue weighted by molar-refractivity contribution is -0.120. The van der Waals surface area contributed by atoms with Crippen molar-refractivity contribution in [1.29, 1.82) is 0 Å². The number of ether oxygens (including phenoxy) is 1. The molecule has 1 aromatic heterocycles. The molecule has 2 rings (SSSR count). The van der Waals surface area contributed by atoms with Gasteiger partial charge < -0.3 is 24.9 Å². The number of hydrogen-bond donors (Lipinski definition) is 3. The van der Waals surface area contributed by atoms with E-state index in [2.05, 4.69) is 10.6 Å². The Labute approximate surface area is 143 Å². The molecule has 0 unspecified atom stereocenters. The summed E-state index contributed by atoms with van der Waals surface area (Å²) >= 11 is 0. The SMILES string of the molecule is CC(C)(C)OC(=O)NCNC(=O)Cc1cc(=O)oc2cc(O)ccc12. The lowest BCUT2D eigenvalue weighted by atomic mass is 10.1. The van der Waals surface area contributed by atoms with Crippen LogP contribution in [0.15, 0.2) is 33.5 Å². The molecule has 2 aromatic rings. The van der Waals surface area contributed by atoms with Gasteiger partial charge in [-0.15, -0.1) is 0 Å². The topological polar surface area (TPSA) is 118 Å². The van der Waals surface area contributed by atoms with Crippen LogP contribution in [0.4, 0.5) is 4.79 Å². The van der Waals surface area contributed by atoms with E-state index in [4.69, 9.17) is 9.15 Å². The molecule has 134 valence electrons. The van der Waals surface area contributed by atoms with Crippen LogP contribution in [0.3, 0.4) is 0 Å². The highest BCUT2D eigenvalue weighted by atomic mass is 16.6. The molecule has 0 atom stereocenters. The molecule has 0 fully saturated rings. The van der Waals surface area contributed by atoms with Gasteiger partial charge in [-0.3, -0.25) is 4.79 Å². The van der Waals surface area contributed by atoms with Gasteiger partial charge in [0, 0.05) is 17.5 Å². The van der Waals surface area contributed by atoms with Crippen molar-refractivity contribution in [3.63, 3.8) is 0 Å². The maximum absolute atomic E-state index is 12.0. The fourth-order valence-electron chi connectivity index (χ4n) is 2.13. The number of fused-ring (bicyclic) bond motifs is 1. The molecule has 0 radical (unpaired) electrons. The second-order valence-corrected chi connectivity index (χ2v) is 6.40. The van der Waals surface area contributed by atoms with Gasteiger partial charge in [0.05, 0.1) is 13.1 Å². The molecular weight excluding hydrogens is 328 g/mol. The molecule has 0 saturated heterocycles. The molecule has 0 saturated carbocycles. The quantitative estimate of drug-likeness (QED) is 0.571. The Morgan fingerprint density at radius 3 is 2.60 bits per heavy atom. The fraction of sp³-hybridized carbons (Fsp3) is 0.353. The van der Waals surface area contributed by atoms with E-state index in [-0.39, 0.29) is 24.4 Å². The second-order valence-electron chi connectivity index (χ2n) is 6.40. The summed E-state index contributed by atoms with van der Waals surface area (Å²) in [5.41, 5.74) is -0.590. The molecule has 1 aromatic carbocycles. The van der Waals surface area contributed by atoms with Crippen LogP contribution in [0.25, 0.3) is 11.0 Å². The fourth-order valence-corrected chi connectivity index (χ4v) is 2.13. The molecule has 8 nitrogen and oxygen atoms in total. The predicted molar refractivity (Wildman–Crippen MR) is 90.2 cm³/mol. The summed E-state index contributed by atoms with van der Waals surface area (Å²) in [5.74, 6) is -0.435. The minimum Gasteiger partial charge on any atom is -0.508 e. The maximum Gasteiger partial charge on any atom is 0.409 e. The summed E-state index contributed by atoms with van der Waals surface area (Å²) in [5, 5.41) is 14.9. The highest BCUT2D eigenvalue weighted by Crippen LogP contribution is 2.22. The third kappa shape index (κ3) is 5.52. The highest BCUT2D eigenvalue weighted by molar-refractivity contribution is 5.87. The van der Waals surface area contributed by atoms with E-state index in [1.165, 1.54) is 18.2 Å². The summed E-state index contributed by atoms with van der Waals surface area (Å²) in [6.07, 6.45) is -0.725. The van der Waals surface area contributed by atoms with Crippen molar-refractivity contribution in [2.75, 3.05) is 6.67 Å². The lowest BCUT2D eigenvalue weighted by Gasteiger charge is -2.19. The van der Waals surface area contributed by atoms with Crippen LogP contribution < -0.4 is 16.3 Å². The molecule has 0 aliphatic rings. The normalized spacial score (nSPS) is 11.2. The van der Waals surface area contributed by atoms with E-state index < -0.39 is 23.2 Å². The van der Waals surface area contributed by atoms with Crippen molar-refractivity contribution in [1.82, 2.24) is 10.6 Å². The van der Waals surface area contributed by atoms with E-state index in [0.717, 1.165) is 0 Å². The molecule has 2 amide bonds. The first-order valence-electron chi connectivity index (χ1n) is 7.63. The van der Waals surface area contributed by atoms with Crippen molar-refractivity contribution in [3.8, 4) is 5.75 Å². The number of benzene rings is 1. The Morgan fingerprint density at radius 1 is 1.20 bits per heavy atom. The van der Waals surface area contributed by atoms with Crippen LogP contribution in [-0.2, 0) is 16.0 Å². The maximum atomic E-state index is 12.0. The van der Waals surface area contributed by atoms with E-state index >= 15 is 0 Å². The average Bonchev–Trinajstić information content (AvgIpc) is 2.44. The Morgan fingerprint density at radius 2 is 1.92 bits per heavy atom. The number of aromatic hydroxyl groups is 1. The molecule has 1 heterocycles. The van der Waals surface area contributed by atoms with Crippen molar-refractivity contribution in [3.05, 3.63) is 40.2 Å². The number of phenolic OH excluding ortho intramolecular Hbond substituents is 1. The van der Waals surface area contributed by atoms with Gasteiger partial charge in [0.15, 0.2) is 0 Å². The van der Waals surface area contributed by atoms with Gasteiger partial charge in [-0.25, -0.2) is 9.59 Å². The van der Waals surface area contributed by atoms with Crippen molar-refractivity contribution < 1.29 is 23.8 Å². The zero-order valence-electron chi connectivity index (χ0n) is 14.2. The number of rotatable bonds is 4. The van der Waals surface area contributed by atoms with E-state index in [9.17, 15) is 19.5 Å². The molecule has 0 spiro atoms. The molecular formula is C17H20N2O6. The Hall–Kier alpha value is -3.03. The summed E-state index contributed by atoms with van der Waals surface area (Å²) in [7, 11) is 0. The number of hydrogen-bond acceptors (Lipinski definition) is 6. The number of nitrogens with one attached hydrogen (secondary N) is 2. The zero-order chi connectivity index (χ0) is 18.6. The number of carbonyl (C=O) groups excluding carboxylic acids is 2. The Kier molecular flexibility index (Phi) is 5.31. The second kappa shape index (κ2) is 7.25. The van der Waals surface area contributed by atoms with Crippen LogP contribution in [0.1, 0.15) is 26.3 Å². The van der Waals surface area contributed by atoms with Gasteiger partial charge in [0.1, 0.15) is 16.9 Å². The largest absolute Gasteiger partial charge is 0.508 e. The number of amides is 2. The Balaban J connectivity index is 1.98. The molecule has 3 N–H and O–H groups in total. The van der Waals surface area contributed by atoms with Crippen LogP contribution in [0.5, 0.6) is 5.75 Å². The first-order chi connectivity index (χ1) is 11.6. The third-order valence-corrected chi connectivity index (χ3v) is 3.08. The number of alkyl carbamates (subject to hydrolysis) is 1. The standard InChI is InChI=1S/C17H20N2O6/c1-17(2,3)25-16(23)19-9-18-14(21)6-10-7-15(22)24-13-8-11(20)4-5-12(10)13/h4-5,7-8,20H,6,9H2,1-3H3,(H,18,21)(H,19,23). The van der Waals surface area contributed by atoms with Crippen LogP contribution in [0, 0.1) is 0 Å². The van der Waals surface area contributed by atoms with Gasteiger partial charge in [0.2, 0.25) is 5.91 Å². The number of phenols is 1. The Bertz CT molecular complexity index is 850. The van der Waals surface area contributed by atoms with Crippen molar-refractivity contribution in [2.24, 2.45) is 0 Å². The monoisotopic (exact) mass is 348 g/mol. The van der Waals surface area contributed by atoms with E-state index in [0.29, 0.717) is 10.9 Å². The first-order valence-corrected chi connectivity index (χ1v) is 7.63. The van der Waals surface area contributed by atoms with Crippen LogP contribution >= 0.6 is 0 Å². The van der Waals surface area contributed by atoms with Gasteiger partial charge in [-0.05, 0) is 38.5 Å². The summed E-state index contributed by atoms with van der Waals surface area (Å²) in [4.78, 5) is 35.1. The predicted octanol–water partition coefficient (Wildman–Crippen LogP) is 1.64. The third-order valence-electron chi connectivity index (χ3n) is 3.08. The van der Waals surface area contributed by atoms with Gasteiger partial charge in [-0.1, -0.05) is 0 Å². The molecule has 8 heteroatoms. The lowest BCUT2D eigenvalue weighted by Crippen LogP contribution is -2.40. The average molecular weight is 348 g/mol. The minimum atomic E-state index is -0.644. The van der Waals surface area contributed by atoms with Crippen molar-refractivity contribution >= 4 is 23.0 Å². The van der Waals surface area contributed by atoms with Crippen molar-refractivity contribution in [2.45, 2.75) is 32.8 Å². The summed E-state index contributed by atoms with van der Waals surface area (Å²) < 4.78 is 10.0. The van der Waals surface area contributed by atoms with Gasteiger partial charge >= 0.3 is 11.7 Å². The highest BCUT2D eigenvalue weighted by Gasteiger charge is 2.16. The van der Waals surface area contributed by atoms with Crippen LogP contribution in [-0.4, -0.2) is 29.4 Å². The van der Waals surface area contributed by atoms with E-state index in [1.807, 2.05) is 0 Å². The smallest absolute Gasteiger partial charge is 0.409 e. The zero-order valence-corrected chi connectivity index (χ0v) is 14.2. The number of carbonyl (C=O) groups is 2. The van der Waals surface area contributed by atoms with Gasteiger partial charge in [0.25, 0.3) is 0 Å². The summed E-state index contributed by atoms with van der Waals surface area (Å²) in [6, 6.07) is 5.53. The molecule has 0 bridgehead atoms. The first kappa shape index (κ1) is 18.3. The molecule has 25 heavy (non-hydrogen) atoms. The van der Waals surface area contributed by atoms with Crippen LogP contribution in [0.2, 0.25) is 0 Å². The molecule has 0 aliphatic carbocycles. The molecule has 0 aliphatic heterocycles.